The van der Waals surface area contributed by atoms with Crippen LogP contribution in [0.25, 0.3) is 10.2 Å². The Bertz CT molecular complexity index is 639. The van der Waals surface area contributed by atoms with Crippen LogP contribution in [0.3, 0.4) is 0 Å². The van der Waals surface area contributed by atoms with Gasteiger partial charge in [-0.3, -0.25) is 0 Å². The van der Waals surface area contributed by atoms with E-state index in [0.29, 0.717) is 18.4 Å². The van der Waals surface area contributed by atoms with Crippen molar-refractivity contribution in [2.24, 2.45) is 11.8 Å². The van der Waals surface area contributed by atoms with Crippen LogP contribution in [-0.2, 0) is 0 Å². The van der Waals surface area contributed by atoms with Crippen molar-refractivity contribution in [3.05, 3.63) is 17.8 Å². The van der Waals surface area contributed by atoms with Crippen molar-refractivity contribution in [3.8, 4) is 0 Å². The van der Waals surface area contributed by atoms with Gasteiger partial charge in [0, 0.05) is 19.0 Å². The molecule has 2 fully saturated rings. The van der Waals surface area contributed by atoms with Gasteiger partial charge in [-0.15, -0.1) is 11.3 Å². The van der Waals surface area contributed by atoms with E-state index >= 15 is 0 Å². The van der Waals surface area contributed by atoms with E-state index in [2.05, 4.69) is 27.2 Å². The number of hydrogen-bond acceptors (Lipinski definition) is 5. The molecule has 3 heterocycles. The molecular weight excluding hydrogens is 270 g/mol. The molecule has 1 aliphatic heterocycles. The van der Waals surface area contributed by atoms with Crippen molar-refractivity contribution in [1.29, 1.82) is 0 Å². The maximum atomic E-state index is 11.1. The standard InChI is InChI=1S/C15H19N3OS/c1-10-7-18(8-15(10,19)11-3-2-4-11)14-13-12(5-6-20-13)16-9-17-14/h5-6,9-11,19H,2-4,7-8H2,1H3/t10-,15+/m1/s1. The van der Waals surface area contributed by atoms with Crippen LogP contribution in [0.2, 0.25) is 0 Å². The molecule has 0 radical (unpaired) electrons. The molecule has 0 amide bonds. The topological polar surface area (TPSA) is 49.2 Å². The Morgan fingerprint density at radius 2 is 2.25 bits per heavy atom. The van der Waals surface area contributed by atoms with Crippen molar-refractivity contribution >= 4 is 27.4 Å². The summed E-state index contributed by atoms with van der Waals surface area (Å²) in [4.78, 5) is 11.0. The quantitative estimate of drug-likeness (QED) is 0.923. The smallest absolute Gasteiger partial charge is 0.150 e. The van der Waals surface area contributed by atoms with Gasteiger partial charge in [0.2, 0.25) is 0 Å². The van der Waals surface area contributed by atoms with Crippen molar-refractivity contribution < 1.29 is 5.11 Å². The number of aromatic nitrogens is 2. The molecule has 2 aromatic heterocycles. The Kier molecular flexibility index (Phi) is 2.76. The molecule has 0 aromatic carbocycles. The number of rotatable bonds is 2. The number of β-amino-alcohol motifs (C(OH)–C–C–N with tert-alkyl or cyclic N) is 1. The zero-order chi connectivity index (χ0) is 13.7. The predicted octanol–water partition coefficient (Wildman–Crippen LogP) is 2.68. The van der Waals surface area contributed by atoms with Crippen LogP contribution >= 0.6 is 11.3 Å². The van der Waals surface area contributed by atoms with Gasteiger partial charge in [0.25, 0.3) is 0 Å². The minimum atomic E-state index is -0.535. The minimum Gasteiger partial charge on any atom is -0.387 e. The second kappa shape index (κ2) is 4.40. The van der Waals surface area contributed by atoms with Gasteiger partial charge in [-0.1, -0.05) is 13.3 Å². The summed E-state index contributed by atoms with van der Waals surface area (Å²) >= 11 is 1.68. The normalized spacial score (nSPS) is 30.9. The van der Waals surface area contributed by atoms with Gasteiger partial charge < -0.3 is 10.0 Å². The number of aliphatic hydroxyl groups is 1. The van der Waals surface area contributed by atoms with Crippen LogP contribution in [0, 0.1) is 11.8 Å². The van der Waals surface area contributed by atoms with Gasteiger partial charge in [0.15, 0.2) is 0 Å². The van der Waals surface area contributed by atoms with Gasteiger partial charge in [-0.25, -0.2) is 9.97 Å². The lowest BCUT2D eigenvalue weighted by atomic mass is 9.69. The molecule has 0 bridgehead atoms. The molecule has 4 rings (SSSR count). The molecule has 5 heteroatoms. The van der Waals surface area contributed by atoms with E-state index in [1.54, 1.807) is 17.7 Å². The Hall–Kier alpha value is -1.20. The molecule has 1 saturated heterocycles. The summed E-state index contributed by atoms with van der Waals surface area (Å²) in [6.45, 7) is 3.77. The summed E-state index contributed by atoms with van der Waals surface area (Å²) in [5, 5.41) is 13.1. The second-order valence-corrected chi connectivity index (χ2v) is 7.15. The average molecular weight is 289 g/mol. The number of anilines is 1. The lowest BCUT2D eigenvalue weighted by molar-refractivity contribution is -0.0615. The monoisotopic (exact) mass is 289 g/mol. The Morgan fingerprint density at radius 1 is 1.40 bits per heavy atom. The van der Waals surface area contributed by atoms with Gasteiger partial charge in [0.05, 0.1) is 15.8 Å². The molecule has 20 heavy (non-hydrogen) atoms. The molecule has 106 valence electrons. The summed E-state index contributed by atoms with van der Waals surface area (Å²) < 4.78 is 1.14. The van der Waals surface area contributed by atoms with E-state index in [0.717, 1.165) is 22.6 Å². The summed E-state index contributed by atoms with van der Waals surface area (Å²) in [6.07, 6.45) is 5.25. The number of thiophene rings is 1. The van der Waals surface area contributed by atoms with Crippen molar-refractivity contribution in [2.45, 2.75) is 31.8 Å². The molecule has 0 spiro atoms. The van der Waals surface area contributed by atoms with Crippen LogP contribution in [0.5, 0.6) is 0 Å². The van der Waals surface area contributed by atoms with E-state index in [1.165, 1.54) is 19.3 Å². The zero-order valence-electron chi connectivity index (χ0n) is 11.6. The Morgan fingerprint density at radius 3 is 3.00 bits per heavy atom. The molecule has 2 aliphatic rings. The molecule has 4 nitrogen and oxygen atoms in total. The number of fused-ring (bicyclic) bond motifs is 1. The Balaban J connectivity index is 1.69. The molecule has 1 N–H and O–H groups in total. The third-order valence-electron chi connectivity index (χ3n) is 5.13. The lowest BCUT2D eigenvalue weighted by Crippen LogP contribution is -2.47. The SMILES string of the molecule is C[C@@H]1CN(c2ncnc3ccsc23)C[C@@]1(O)C1CCC1. The zero-order valence-corrected chi connectivity index (χ0v) is 12.4. The molecule has 1 aliphatic carbocycles. The van der Waals surface area contributed by atoms with Gasteiger partial charge in [0.1, 0.15) is 12.1 Å². The number of hydrogen-bond donors (Lipinski definition) is 1. The third kappa shape index (κ3) is 1.69. The van der Waals surface area contributed by atoms with Gasteiger partial charge in [-0.2, -0.15) is 0 Å². The first-order chi connectivity index (χ1) is 9.68. The highest BCUT2D eigenvalue weighted by atomic mass is 32.1. The van der Waals surface area contributed by atoms with Crippen molar-refractivity contribution in [2.75, 3.05) is 18.0 Å². The van der Waals surface area contributed by atoms with Gasteiger partial charge in [-0.05, 0) is 30.2 Å². The maximum Gasteiger partial charge on any atom is 0.150 e. The molecular formula is C15H19N3OS. The molecule has 2 aromatic rings. The van der Waals surface area contributed by atoms with Crippen molar-refractivity contribution in [3.63, 3.8) is 0 Å². The number of nitrogens with zero attached hydrogens (tertiary/aromatic N) is 3. The second-order valence-electron chi connectivity index (χ2n) is 6.23. The highest BCUT2D eigenvalue weighted by Gasteiger charge is 2.50. The van der Waals surface area contributed by atoms with Crippen LogP contribution < -0.4 is 4.90 Å². The highest BCUT2D eigenvalue weighted by Crippen LogP contribution is 2.45. The van der Waals surface area contributed by atoms with Gasteiger partial charge >= 0.3 is 0 Å². The summed E-state index contributed by atoms with van der Waals surface area (Å²) in [5.74, 6) is 1.77. The van der Waals surface area contributed by atoms with Crippen LogP contribution in [0.1, 0.15) is 26.2 Å². The molecule has 1 saturated carbocycles. The first kappa shape index (κ1) is 12.5. The summed E-state index contributed by atoms with van der Waals surface area (Å²) in [7, 11) is 0. The summed E-state index contributed by atoms with van der Waals surface area (Å²) in [6, 6.07) is 2.03. The largest absolute Gasteiger partial charge is 0.387 e. The average Bonchev–Trinajstić information content (AvgIpc) is 2.92. The van der Waals surface area contributed by atoms with E-state index < -0.39 is 5.60 Å². The predicted molar refractivity (Wildman–Crippen MR) is 81.1 cm³/mol. The fourth-order valence-electron chi connectivity index (χ4n) is 3.62. The minimum absolute atomic E-state index is 0.303. The first-order valence-electron chi connectivity index (χ1n) is 7.34. The molecule has 0 unspecified atom stereocenters. The highest BCUT2D eigenvalue weighted by molar-refractivity contribution is 7.17. The van der Waals surface area contributed by atoms with E-state index in [4.69, 9.17) is 0 Å². The Labute approximate surface area is 122 Å². The van der Waals surface area contributed by atoms with Crippen LogP contribution in [-0.4, -0.2) is 33.8 Å². The lowest BCUT2D eigenvalue weighted by Gasteiger charge is -2.41. The van der Waals surface area contributed by atoms with Crippen molar-refractivity contribution in [1.82, 2.24) is 9.97 Å². The van der Waals surface area contributed by atoms with E-state index in [9.17, 15) is 5.11 Å². The maximum absolute atomic E-state index is 11.1. The third-order valence-corrected chi connectivity index (χ3v) is 6.03. The summed E-state index contributed by atoms with van der Waals surface area (Å²) in [5.41, 5.74) is 0.471. The molecule has 2 atom stereocenters. The first-order valence-corrected chi connectivity index (χ1v) is 8.22. The van der Waals surface area contributed by atoms with E-state index in [-0.39, 0.29) is 0 Å². The van der Waals surface area contributed by atoms with Crippen LogP contribution in [0.15, 0.2) is 17.8 Å². The van der Waals surface area contributed by atoms with Crippen LogP contribution in [0.4, 0.5) is 5.82 Å². The fraction of sp³-hybridized carbons (Fsp3) is 0.600. The van der Waals surface area contributed by atoms with E-state index in [1.807, 2.05) is 6.07 Å². The fourth-order valence-corrected chi connectivity index (χ4v) is 4.48.